The minimum Gasteiger partial charge on any atom is -0.383 e. The average Bonchev–Trinajstić information content (AvgIpc) is 2.19. The number of carbonyl (C=O) groups excluding carboxylic acids is 1. The Morgan fingerprint density at radius 3 is 2.40 bits per heavy atom. The molecule has 0 unspecified atom stereocenters. The van der Waals surface area contributed by atoms with Crippen LogP contribution in [0.15, 0.2) is 36.0 Å². The number of rotatable bonds is 4. The lowest BCUT2D eigenvalue weighted by molar-refractivity contribution is -0.105. The molecule has 0 aliphatic carbocycles. The highest BCUT2D eigenvalue weighted by molar-refractivity contribution is 5.73. The van der Waals surface area contributed by atoms with Gasteiger partial charge >= 0.3 is 0 Å². The lowest BCUT2D eigenvalue weighted by Crippen LogP contribution is -2.05. The summed E-state index contributed by atoms with van der Waals surface area (Å²) in [6.07, 6.45) is 3.11. The Morgan fingerprint density at radius 1 is 1.33 bits per heavy atom. The number of hydrogen-bond acceptors (Lipinski definition) is 2. The van der Waals surface area contributed by atoms with Gasteiger partial charge in [0.2, 0.25) is 0 Å². The normalized spacial score (nSPS) is 11.3. The molecule has 1 aromatic carbocycles. The van der Waals surface area contributed by atoms with Crippen LogP contribution in [0.2, 0.25) is 0 Å². The molecule has 0 aliphatic heterocycles. The largest absolute Gasteiger partial charge is 0.383 e. The number of hydrogen-bond donors (Lipinski definition) is 0. The van der Waals surface area contributed by atoms with Crippen molar-refractivity contribution >= 4 is 6.29 Å². The second kappa shape index (κ2) is 5.29. The van der Waals surface area contributed by atoms with E-state index in [0.717, 1.165) is 11.8 Å². The van der Waals surface area contributed by atoms with Crippen LogP contribution >= 0.6 is 0 Å². The molecule has 80 valence electrons. The van der Waals surface area contributed by atoms with Gasteiger partial charge in [0, 0.05) is 32.3 Å². The molecule has 0 radical (unpaired) electrons. The Hall–Kier alpha value is -1.64. The van der Waals surface area contributed by atoms with Crippen LogP contribution in [0.3, 0.4) is 0 Å². The van der Waals surface area contributed by atoms with Crippen LogP contribution in [0.1, 0.15) is 5.56 Å². The minimum absolute atomic E-state index is 0.261. The van der Waals surface area contributed by atoms with E-state index in [9.17, 15) is 9.18 Å². The van der Waals surface area contributed by atoms with E-state index in [1.54, 1.807) is 18.3 Å². The fourth-order valence-corrected chi connectivity index (χ4v) is 1.29. The van der Waals surface area contributed by atoms with Crippen LogP contribution in [-0.4, -0.2) is 25.3 Å². The molecular weight excluding hydrogens is 193 g/mol. The molecule has 0 heterocycles. The number of allylic oxidation sites excluding steroid dienone is 1. The van der Waals surface area contributed by atoms with E-state index in [-0.39, 0.29) is 5.82 Å². The van der Waals surface area contributed by atoms with E-state index in [1.165, 1.54) is 12.1 Å². The SMILES string of the molecule is CN(C)C=C(C=O)Cc1ccc(F)cc1. The van der Waals surface area contributed by atoms with Gasteiger partial charge in [-0.3, -0.25) is 4.79 Å². The van der Waals surface area contributed by atoms with Crippen molar-refractivity contribution < 1.29 is 9.18 Å². The molecule has 0 amide bonds. The molecule has 3 heteroatoms. The second-order valence-corrected chi connectivity index (χ2v) is 3.59. The molecule has 0 fully saturated rings. The summed E-state index contributed by atoms with van der Waals surface area (Å²) in [4.78, 5) is 12.6. The smallest absolute Gasteiger partial charge is 0.147 e. The molecule has 2 nitrogen and oxygen atoms in total. The zero-order valence-corrected chi connectivity index (χ0v) is 8.90. The Kier molecular flexibility index (Phi) is 4.03. The van der Waals surface area contributed by atoms with Gasteiger partial charge in [0.15, 0.2) is 0 Å². The summed E-state index contributed by atoms with van der Waals surface area (Å²) in [5.41, 5.74) is 1.60. The highest BCUT2D eigenvalue weighted by Crippen LogP contribution is 2.08. The summed E-state index contributed by atoms with van der Waals surface area (Å²) in [7, 11) is 3.71. The Bertz CT molecular complexity index is 354. The number of aldehydes is 1. The van der Waals surface area contributed by atoms with Crippen molar-refractivity contribution in [2.75, 3.05) is 14.1 Å². The molecule has 0 bridgehead atoms. The van der Waals surface area contributed by atoms with Gasteiger partial charge in [0.1, 0.15) is 12.1 Å². The minimum atomic E-state index is -0.261. The number of halogens is 1. The van der Waals surface area contributed by atoms with Crippen molar-refractivity contribution in [2.24, 2.45) is 0 Å². The molecule has 0 aromatic heterocycles. The Morgan fingerprint density at radius 2 is 1.93 bits per heavy atom. The highest BCUT2D eigenvalue weighted by atomic mass is 19.1. The number of benzene rings is 1. The Labute approximate surface area is 89.0 Å². The predicted molar refractivity (Wildman–Crippen MR) is 57.9 cm³/mol. The van der Waals surface area contributed by atoms with Gasteiger partial charge in [-0.05, 0) is 17.7 Å². The standard InChI is InChI=1S/C12H14FNO/c1-14(2)8-11(9-15)7-10-3-5-12(13)6-4-10/h3-6,8-9H,7H2,1-2H3. The molecule has 1 aromatic rings. The van der Waals surface area contributed by atoms with Crippen LogP contribution in [0, 0.1) is 5.82 Å². The zero-order valence-electron chi connectivity index (χ0n) is 8.90. The van der Waals surface area contributed by atoms with Crippen molar-refractivity contribution in [3.8, 4) is 0 Å². The first-order valence-corrected chi connectivity index (χ1v) is 4.68. The van der Waals surface area contributed by atoms with Gasteiger partial charge in [0.05, 0.1) is 0 Å². The third-order valence-corrected chi connectivity index (χ3v) is 1.90. The van der Waals surface area contributed by atoms with Crippen molar-refractivity contribution in [3.05, 3.63) is 47.4 Å². The second-order valence-electron chi connectivity index (χ2n) is 3.59. The predicted octanol–water partition coefficient (Wildman–Crippen LogP) is 2.01. The summed E-state index contributed by atoms with van der Waals surface area (Å²) >= 11 is 0. The maximum Gasteiger partial charge on any atom is 0.147 e. The zero-order chi connectivity index (χ0) is 11.3. The van der Waals surface area contributed by atoms with E-state index in [2.05, 4.69) is 0 Å². The molecule has 0 atom stereocenters. The summed E-state index contributed by atoms with van der Waals surface area (Å²) in [5, 5.41) is 0. The maximum atomic E-state index is 12.6. The quantitative estimate of drug-likeness (QED) is 0.556. The van der Waals surface area contributed by atoms with E-state index in [4.69, 9.17) is 0 Å². The lowest BCUT2D eigenvalue weighted by Gasteiger charge is -2.07. The molecule has 15 heavy (non-hydrogen) atoms. The van der Waals surface area contributed by atoms with Gasteiger partial charge in [-0.2, -0.15) is 0 Å². The van der Waals surface area contributed by atoms with Crippen molar-refractivity contribution in [1.82, 2.24) is 4.90 Å². The summed E-state index contributed by atoms with van der Waals surface area (Å²) < 4.78 is 12.6. The van der Waals surface area contributed by atoms with Gasteiger partial charge in [-0.1, -0.05) is 12.1 Å². The first-order chi connectivity index (χ1) is 7.11. The van der Waals surface area contributed by atoms with Crippen molar-refractivity contribution in [3.63, 3.8) is 0 Å². The molecule has 1 rings (SSSR count). The molecule has 0 N–H and O–H groups in total. The highest BCUT2D eigenvalue weighted by Gasteiger charge is 1.99. The fourth-order valence-electron chi connectivity index (χ4n) is 1.29. The number of nitrogens with zero attached hydrogens (tertiary/aromatic N) is 1. The molecule has 0 saturated heterocycles. The van der Waals surface area contributed by atoms with E-state index in [0.29, 0.717) is 12.0 Å². The maximum absolute atomic E-state index is 12.6. The van der Waals surface area contributed by atoms with Crippen LogP contribution < -0.4 is 0 Å². The van der Waals surface area contributed by atoms with Crippen LogP contribution in [0.5, 0.6) is 0 Å². The molecule has 0 aliphatic rings. The van der Waals surface area contributed by atoms with Crippen LogP contribution in [-0.2, 0) is 11.2 Å². The van der Waals surface area contributed by atoms with Crippen molar-refractivity contribution in [1.29, 1.82) is 0 Å². The molecular formula is C12H14FNO. The lowest BCUT2D eigenvalue weighted by atomic mass is 10.1. The summed E-state index contributed by atoms with van der Waals surface area (Å²) in [6.45, 7) is 0. The van der Waals surface area contributed by atoms with Crippen LogP contribution in [0.4, 0.5) is 4.39 Å². The van der Waals surface area contributed by atoms with Gasteiger partial charge in [-0.15, -0.1) is 0 Å². The van der Waals surface area contributed by atoms with E-state index >= 15 is 0 Å². The molecule has 0 saturated carbocycles. The monoisotopic (exact) mass is 207 g/mol. The third kappa shape index (κ3) is 3.94. The van der Waals surface area contributed by atoms with Gasteiger partial charge < -0.3 is 4.90 Å². The first kappa shape index (κ1) is 11.4. The van der Waals surface area contributed by atoms with E-state index < -0.39 is 0 Å². The third-order valence-electron chi connectivity index (χ3n) is 1.90. The van der Waals surface area contributed by atoms with Gasteiger partial charge in [0.25, 0.3) is 0 Å². The Balaban J connectivity index is 2.75. The van der Waals surface area contributed by atoms with Gasteiger partial charge in [-0.25, -0.2) is 4.39 Å². The van der Waals surface area contributed by atoms with E-state index in [1.807, 2.05) is 19.0 Å². The summed E-state index contributed by atoms with van der Waals surface area (Å²) in [5.74, 6) is -0.261. The van der Waals surface area contributed by atoms with Crippen molar-refractivity contribution in [2.45, 2.75) is 6.42 Å². The fraction of sp³-hybridized carbons (Fsp3) is 0.250. The molecule has 0 spiro atoms. The summed E-state index contributed by atoms with van der Waals surface area (Å²) in [6, 6.07) is 6.16. The van der Waals surface area contributed by atoms with Crippen LogP contribution in [0.25, 0.3) is 0 Å². The average molecular weight is 207 g/mol. The topological polar surface area (TPSA) is 20.3 Å². The first-order valence-electron chi connectivity index (χ1n) is 4.68. The number of carbonyl (C=O) groups is 1.